The van der Waals surface area contributed by atoms with Crippen LogP contribution < -0.4 is 16.8 Å². The van der Waals surface area contributed by atoms with E-state index in [9.17, 15) is 9.59 Å². The summed E-state index contributed by atoms with van der Waals surface area (Å²) in [6, 6.07) is -0.596. The van der Waals surface area contributed by atoms with E-state index in [4.69, 9.17) is 11.5 Å². The van der Waals surface area contributed by atoms with Gasteiger partial charge in [0, 0.05) is 6.42 Å². The van der Waals surface area contributed by atoms with Crippen LogP contribution in [0.3, 0.4) is 0 Å². The van der Waals surface area contributed by atoms with Crippen LogP contribution in [0.4, 0.5) is 0 Å². The van der Waals surface area contributed by atoms with Gasteiger partial charge in [-0.2, -0.15) is 0 Å². The van der Waals surface area contributed by atoms with E-state index < -0.39 is 11.9 Å². The summed E-state index contributed by atoms with van der Waals surface area (Å²) in [6.07, 6.45) is 4.40. The molecule has 0 fully saturated rings. The SMILES string of the molecule is CCCC(CCN)CCC(=O)NC(C)C(N)=O. The molecule has 100 valence electrons. The van der Waals surface area contributed by atoms with Crippen LogP contribution in [0, 0.1) is 5.92 Å². The van der Waals surface area contributed by atoms with E-state index in [-0.39, 0.29) is 5.91 Å². The van der Waals surface area contributed by atoms with Gasteiger partial charge in [0.25, 0.3) is 0 Å². The second kappa shape index (κ2) is 8.98. The lowest BCUT2D eigenvalue weighted by Gasteiger charge is -2.15. The van der Waals surface area contributed by atoms with Crippen molar-refractivity contribution in [2.45, 2.75) is 52.0 Å². The first-order valence-corrected chi connectivity index (χ1v) is 6.30. The van der Waals surface area contributed by atoms with Gasteiger partial charge in [-0.3, -0.25) is 9.59 Å². The van der Waals surface area contributed by atoms with Crippen molar-refractivity contribution in [1.82, 2.24) is 5.32 Å². The molecule has 0 aromatic rings. The fourth-order valence-electron chi connectivity index (χ4n) is 1.80. The molecule has 2 amide bonds. The first-order valence-electron chi connectivity index (χ1n) is 6.30. The quantitative estimate of drug-likeness (QED) is 0.550. The molecule has 2 atom stereocenters. The third-order valence-electron chi connectivity index (χ3n) is 2.86. The van der Waals surface area contributed by atoms with Gasteiger partial charge >= 0.3 is 0 Å². The van der Waals surface area contributed by atoms with Gasteiger partial charge in [-0.1, -0.05) is 19.8 Å². The second-order valence-electron chi connectivity index (χ2n) is 4.46. The molecule has 0 bridgehead atoms. The lowest BCUT2D eigenvalue weighted by Crippen LogP contribution is -2.42. The fraction of sp³-hybridized carbons (Fsp3) is 0.833. The summed E-state index contributed by atoms with van der Waals surface area (Å²) in [5.74, 6) is -0.125. The first-order chi connectivity index (χ1) is 8.01. The Hall–Kier alpha value is -1.10. The predicted molar refractivity (Wildman–Crippen MR) is 68.1 cm³/mol. The lowest BCUT2D eigenvalue weighted by molar-refractivity contribution is -0.127. The Bertz CT molecular complexity index is 238. The highest BCUT2D eigenvalue weighted by atomic mass is 16.2. The van der Waals surface area contributed by atoms with E-state index in [1.54, 1.807) is 6.92 Å². The minimum Gasteiger partial charge on any atom is -0.368 e. The molecule has 0 aliphatic heterocycles. The highest BCUT2D eigenvalue weighted by Gasteiger charge is 2.14. The minimum absolute atomic E-state index is 0.116. The molecule has 0 saturated heterocycles. The second-order valence-corrected chi connectivity index (χ2v) is 4.46. The molecule has 2 unspecified atom stereocenters. The largest absolute Gasteiger partial charge is 0.368 e. The summed E-state index contributed by atoms with van der Waals surface area (Å²) in [4.78, 5) is 22.3. The number of nitrogens with one attached hydrogen (secondary N) is 1. The summed E-state index contributed by atoms with van der Waals surface area (Å²) < 4.78 is 0. The summed E-state index contributed by atoms with van der Waals surface area (Å²) in [5, 5.41) is 2.57. The Kier molecular flexibility index (Phi) is 8.40. The van der Waals surface area contributed by atoms with Crippen molar-refractivity contribution < 1.29 is 9.59 Å². The van der Waals surface area contributed by atoms with Crippen LogP contribution in [-0.2, 0) is 9.59 Å². The van der Waals surface area contributed by atoms with Gasteiger partial charge in [0.2, 0.25) is 11.8 Å². The maximum Gasteiger partial charge on any atom is 0.239 e. The number of carbonyl (C=O) groups excluding carboxylic acids is 2. The number of amides is 2. The molecule has 5 nitrogen and oxygen atoms in total. The van der Waals surface area contributed by atoms with Gasteiger partial charge in [-0.15, -0.1) is 0 Å². The normalized spacial score (nSPS) is 14.1. The molecule has 0 aromatic heterocycles. The summed E-state index contributed by atoms with van der Waals surface area (Å²) in [5.41, 5.74) is 10.6. The Morgan fingerprint density at radius 1 is 1.24 bits per heavy atom. The van der Waals surface area contributed by atoms with Crippen molar-refractivity contribution in [2.24, 2.45) is 17.4 Å². The van der Waals surface area contributed by atoms with Gasteiger partial charge in [0.15, 0.2) is 0 Å². The van der Waals surface area contributed by atoms with Crippen LogP contribution in [0.25, 0.3) is 0 Å². The van der Waals surface area contributed by atoms with Crippen molar-refractivity contribution >= 4 is 11.8 Å². The van der Waals surface area contributed by atoms with Crippen LogP contribution in [0.2, 0.25) is 0 Å². The topological polar surface area (TPSA) is 98.2 Å². The van der Waals surface area contributed by atoms with E-state index in [1.807, 2.05) is 0 Å². The number of primary amides is 1. The minimum atomic E-state index is -0.596. The Balaban J connectivity index is 3.90. The van der Waals surface area contributed by atoms with Crippen LogP contribution in [0.1, 0.15) is 46.0 Å². The highest BCUT2D eigenvalue weighted by molar-refractivity contribution is 5.86. The molecule has 5 heteroatoms. The van der Waals surface area contributed by atoms with Gasteiger partial charge < -0.3 is 16.8 Å². The molecule has 0 saturated carbocycles. The number of hydrogen-bond donors (Lipinski definition) is 3. The van der Waals surface area contributed by atoms with Crippen LogP contribution in [0.15, 0.2) is 0 Å². The molecule has 0 aliphatic rings. The zero-order valence-electron chi connectivity index (χ0n) is 10.9. The van der Waals surface area contributed by atoms with E-state index in [0.717, 1.165) is 25.7 Å². The van der Waals surface area contributed by atoms with Crippen molar-refractivity contribution in [2.75, 3.05) is 6.54 Å². The third-order valence-corrected chi connectivity index (χ3v) is 2.86. The summed E-state index contributed by atoms with van der Waals surface area (Å²) in [7, 11) is 0. The van der Waals surface area contributed by atoms with Crippen LogP contribution >= 0.6 is 0 Å². The zero-order chi connectivity index (χ0) is 13.3. The Labute approximate surface area is 103 Å². The molecule has 0 radical (unpaired) electrons. The molecule has 0 spiro atoms. The molecule has 0 heterocycles. The van der Waals surface area contributed by atoms with E-state index in [1.165, 1.54) is 0 Å². The fourth-order valence-corrected chi connectivity index (χ4v) is 1.80. The smallest absolute Gasteiger partial charge is 0.239 e. The average Bonchev–Trinajstić information content (AvgIpc) is 2.26. The zero-order valence-corrected chi connectivity index (χ0v) is 10.9. The van der Waals surface area contributed by atoms with Gasteiger partial charge in [0.05, 0.1) is 0 Å². The number of nitrogens with two attached hydrogens (primary N) is 2. The average molecular weight is 243 g/mol. The highest BCUT2D eigenvalue weighted by Crippen LogP contribution is 2.16. The van der Waals surface area contributed by atoms with Crippen molar-refractivity contribution in [1.29, 1.82) is 0 Å². The lowest BCUT2D eigenvalue weighted by atomic mass is 9.94. The molecule has 5 N–H and O–H groups in total. The van der Waals surface area contributed by atoms with Crippen molar-refractivity contribution in [3.8, 4) is 0 Å². The van der Waals surface area contributed by atoms with Gasteiger partial charge in [0.1, 0.15) is 6.04 Å². The molecule has 0 aromatic carbocycles. The predicted octanol–water partition coefficient (Wildman–Crippen LogP) is 0.522. The number of carbonyl (C=O) groups is 2. The van der Waals surface area contributed by atoms with E-state index in [0.29, 0.717) is 18.9 Å². The van der Waals surface area contributed by atoms with E-state index >= 15 is 0 Å². The molecule has 17 heavy (non-hydrogen) atoms. The van der Waals surface area contributed by atoms with Gasteiger partial charge in [-0.05, 0) is 32.2 Å². The maximum atomic E-state index is 11.5. The monoisotopic (exact) mass is 243 g/mol. The first kappa shape index (κ1) is 15.9. The standard InChI is InChI=1S/C12H25N3O2/c1-3-4-10(7-8-13)5-6-11(16)15-9(2)12(14)17/h9-10H,3-8,13H2,1-2H3,(H2,14,17)(H,15,16). The van der Waals surface area contributed by atoms with Crippen molar-refractivity contribution in [3.63, 3.8) is 0 Å². The third kappa shape index (κ3) is 7.74. The molecule has 0 rings (SSSR count). The maximum absolute atomic E-state index is 11.5. The Morgan fingerprint density at radius 2 is 1.88 bits per heavy atom. The Morgan fingerprint density at radius 3 is 2.35 bits per heavy atom. The van der Waals surface area contributed by atoms with Crippen LogP contribution in [-0.4, -0.2) is 24.4 Å². The van der Waals surface area contributed by atoms with Crippen molar-refractivity contribution in [3.05, 3.63) is 0 Å². The van der Waals surface area contributed by atoms with Gasteiger partial charge in [-0.25, -0.2) is 0 Å². The number of hydrogen-bond acceptors (Lipinski definition) is 3. The summed E-state index contributed by atoms with van der Waals surface area (Å²) >= 11 is 0. The number of rotatable bonds is 9. The van der Waals surface area contributed by atoms with E-state index in [2.05, 4.69) is 12.2 Å². The molecule has 0 aliphatic carbocycles. The molecular formula is C12H25N3O2. The molecular weight excluding hydrogens is 218 g/mol. The summed E-state index contributed by atoms with van der Waals surface area (Å²) in [6.45, 7) is 4.37. The van der Waals surface area contributed by atoms with Crippen LogP contribution in [0.5, 0.6) is 0 Å².